The Morgan fingerprint density at radius 3 is 1.74 bits per heavy atom. The van der Waals surface area contributed by atoms with Crippen molar-refractivity contribution < 1.29 is 0 Å². The van der Waals surface area contributed by atoms with E-state index in [-0.39, 0.29) is 17.0 Å². The number of rotatable bonds is 4. The molecule has 2 aromatic carbocycles. The fourth-order valence-electron chi connectivity index (χ4n) is 3.05. The Hall–Kier alpha value is -3.14. The van der Waals surface area contributed by atoms with Crippen LogP contribution in [0.1, 0.15) is 25.0 Å². The lowest BCUT2D eigenvalue weighted by Crippen LogP contribution is -2.57. The lowest BCUT2D eigenvalue weighted by atomic mass is 10.2. The molecule has 1 aromatic heterocycles. The SMILES string of the molecule is CC(C)Cn1c(=O)/c(=C/c2ccccc2)n(C)c(=O)/c1=C/c1ccccc1. The van der Waals surface area contributed by atoms with Gasteiger partial charge in [0.2, 0.25) is 0 Å². The van der Waals surface area contributed by atoms with Crippen molar-refractivity contribution in [2.75, 3.05) is 0 Å². The van der Waals surface area contributed by atoms with Crippen molar-refractivity contribution in [1.29, 1.82) is 0 Å². The normalized spacial score (nSPS) is 12.7. The van der Waals surface area contributed by atoms with E-state index in [2.05, 4.69) is 0 Å². The van der Waals surface area contributed by atoms with Crippen LogP contribution >= 0.6 is 0 Å². The molecule has 3 rings (SSSR count). The topological polar surface area (TPSA) is 44.0 Å². The number of aromatic nitrogens is 2. The third-order valence-corrected chi connectivity index (χ3v) is 4.39. The first-order valence-corrected chi connectivity index (χ1v) is 9.11. The van der Waals surface area contributed by atoms with Crippen LogP contribution in [0.15, 0.2) is 70.3 Å². The van der Waals surface area contributed by atoms with Gasteiger partial charge in [0.25, 0.3) is 11.1 Å². The molecule has 0 bridgehead atoms. The van der Waals surface area contributed by atoms with Crippen molar-refractivity contribution in [1.82, 2.24) is 9.13 Å². The van der Waals surface area contributed by atoms with E-state index in [1.165, 1.54) is 4.57 Å². The van der Waals surface area contributed by atoms with Crippen molar-refractivity contribution in [2.45, 2.75) is 20.4 Å². The van der Waals surface area contributed by atoms with Gasteiger partial charge < -0.3 is 9.13 Å². The van der Waals surface area contributed by atoms with E-state index in [1.807, 2.05) is 74.5 Å². The predicted molar refractivity (Wildman–Crippen MR) is 110 cm³/mol. The summed E-state index contributed by atoms with van der Waals surface area (Å²) < 4.78 is 3.05. The monoisotopic (exact) mass is 360 g/mol. The zero-order chi connectivity index (χ0) is 19.4. The van der Waals surface area contributed by atoms with E-state index in [9.17, 15) is 9.59 Å². The number of hydrogen-bond acceptors (Lipinski definition) is 2. The highest BCUT2D eigenvalue weighted by Gasteiger charge is 2.10. The maximum absolute atomic E-state index is 13.2. The minimum absolute atomic E-state index is 0.156. The predicted octanol–water partition coefficient (Wildman–Crippen LogP) is 1.86. The molecule has 0 spiro atoms. The minimum Gasteiger partial charge on any atom is -0.305 e. The minimum atomic E-state index is -0.179. The Balaban J connectivity index is 2.37. The van der Waals surface area contributed by atoms with Gasteiger partial charge in [0.1, 0.15) is 10.7 Å². The van der Waals surface area contributed by atoms with E-state index < -0.39 is 0 Å². The third-order valence-electron chi connectivity index (χ3n) is 4.39. The average molecular weight is 360 g/mol. The number of hydrogen-bond donors (Lipinski definition) is 0. The summed E-state index contributed by atoms with van der Waals surface area (Å²) in [4.78, 5) is 26.3. The van der Waals surface area contributed by atoms with Gasteiger partial charge >= 0.3 is 0 Å². The average Bonchev–Trinajstić information content (AvgIpc) is 2.67. The van der Waals surface area contributed by atoms with Crippen LogP contribution in [-0.4, -0.2) is 9.13 Å². The molecule has 138 valence electrons. The van der Waals surface area contributed by atoms with Crippen LogP contribution in [0.4, 0.5) is 0 Å². The van der Waals surface area contributed by atoms with Crippen LogP contribution in [0.5, 0.6) is 0 Å². The van der Waals surface area contributed by atoms with Gasteiger partial charge in [0, 0.05) is 13.6 Å². The van der Waals surface area contributed by atoms with Crippen molar-refractivity contribution in [3.05, 3.63) is 103 Å². The van der Waals surface area contributed by atoms with Gasteiger partial charge in [0.05, 0.1) is 0 Å². The van der Waals surface area contributed by atoms with Crippen LogP contribution in [0.2, 0.25) is 0 Å². The van der Waals surface area contributed by atoms with E-state index >= 15 is 0 Å². The fourth-order valence-corrected chi connectivity index (χ4v) is 3.05. The summed E-state index contributed by atoms with van der Waals surface area (Å²) in [5.74, 6) is 0.238. The molecule has 0 saturated heterocycles. The van der Waals surface area contributed by atoms with Crippen LogP contribution < -0.4 is 21.8 Å². The molecule has 0 fully saturated rings. The summed E-state index contributed by atoms with van der Waals surface area (Å²) in [6.45, 7) is 4.57. The van der Waals surface area contributed by atoms with Crippen LogP contribution in [0.25, 0.3) is 12.2 Å². The second kappa shape index (κ2) is 8.04. The molecule has 0 radical (unpaired) electrons. The zero-order valence-electron chi connectivity index (χ0n) is 15.9. The molecule has 1 heterocycles. The molecule has 3 aromatic rings. The van der Waals surface area contributed by atoms with Crippen molar-refractivity contribution in [3.8, 4) is 0 Å². The van der Waals surface area contributed by atoms with Gasteiger partial charge in [-0.3, -0.25) is 9.59 Å². The van der Waals surface area contributed by atoms with Gasteiger partial charge in [-0.25, -0.2) is 0 Å². The first kappa shape index (κ1) is 18.6. The van der Waals surface area contributed by atoms with E-state index in [4.69, 9.17) is 0 Å². The number of benzene rings is 2. The summed E-state index contributed by atoms with van der Waals surface area (Å²) in [6, 6.07) is 19.2. The Kier molecular flexibility index (Phi) is 5.55. The molecule has 0 amide bonds. The Morgan fingerprint density at radius 1 is 0.778 bits per heavy atom. The Labute approximate surface area is 158 Å². The molecule has 4 nitrogen and oxygen atoms in total. The van der Waals surface area contributed by atoms with Crippen LogP contribution in [0, 0.1) is 5.92 Å². The zero-order valence-corrected chi connectivity index (χ0v) is 15.9. The molecule has 27 heavy (non-hydrogen) atoms. The molecule has 0 aliphatic heterocycles. The van der Waals surface area contributed by atoms with Crippen molar-refractivity contribution >= 4 is 12.2 Å². The lowest BCUT2D eigenvalue weighted by molar-refractivity contribution is 0.487. The van der Waals surface area contributed by atoms with Gasteiger partial charge in [0.15, 0.2) is 0 Å². The molecule has 0 saturated carbocycles. The molecule has 0 atom stereocenters. The van der Waals surface area contributed by atoms with Gasteiger partial charge in [-0.2, -0.15) is 0 Å². The van der Waals surface area contributed by atoms with Gasteiger partial charge in [-0.1, -0.05) is 74.5 Å². The smallest absolute Gasteiger partial charge is 0.275 e. The standard InChI is InChI=1S/C23H24N2O2/c1-17(2)16-25-21(15-19-12-8-5-9-13-19)22(26)24(3)20(23(25)27)14-18-10-6-4-7-11-18/h4-15,17H,16H2,1-3H3/b20-14-,21-15-. The summed E-state index contributed by atoms with van der Waals surface area (Å²) in [5, 5.41) is 0.796. The quantitative estimate of drug-likeness (QED) is 0.713. The molecule has 0 unspecified atom stereocenters. The summed E-state index contributed by atoms with van der Waals surface area (Å²) >= 11 is 0. The van der Waals surface area contributed by atoms with E-state index in [0.717, 1.165) is 11.1 Å². The molecule has 4 heteroatoms. The van der Waals surface area contributed by atoms with E-state index in [1.54, 1.807) is 23.8 Å². The molecular weight excluding hydrogens is 336 g/mol. The fraction of sp³-hybridized carbons (Fsp3) is 0.217. The summed E-state index contributed by atoms with van der Waals surface area (Å²) in [6.07, 6.45) is 3.56. The second-order valence-corrected chi connectivity index (χ2v) is 7.05. The largest absolute Gasteiger partial charge is 0.305 e. The summed E-state index contributed by atoms with van der Waals surface area (Å²) in [5.41, 5.74) is 1.45. The third kappa shape index (κ3) is 4.17. The number of nitrogens with zero attached hydrogens (tertiary/aromatic N) is 2. The van der Waals surface area contributed by atoms with Gasteiger partial charge in [-0.15, -0.1) is 0 Å². The van der Waals surface area contributed by atoms with Crippen molar-refractivity contribution in [3.63, 3.8) is 0 Å². The Bertz CT molecular complexity index is 1160. The highest BCUT2D eigenvalue weighted by molar-refractivity contribution is 5.49. The van der Waals surface area contributed by atoms with Crippen LogP contribution in [-0.2, 0) is 13.6 Å². The summed E-state index contributed by atoms with van der Waals surface area (Å²) in [7, 11) is 1.65. The molecular formula is C23H24N2O2. The van der Waals surface area contributed by atoms with Crippen LogP contribution in [0.3, 0.4) is 0 Å². The highest BCUT2D eigenvalue weighted by atomic mass is 16.1. The Morgan fingerprint density at radius 2 is 1.26 bits per heavy atom. The van der Waals surface area contributed by atoms with Crippen molar-refractivity contribution in [2.24, 2.45) is 13.0 Å². The molecule has 0 aliphatic rings. The lowest BCUT2D eigenvalue weighted by Gasteiger charge is -2.12. The van der Waals surface area contributed by atoms with Gasteiger partial charge in [-0.05, 0) is 29.2 Å². The first-order chi connectivity index (χ1) is 13.0. The highest BCUT2D eigenvalue weighted by Crippen LogP contribution is 1.99. The molecule has 0 aliphatic carbocycles. The van der Waals surface area contributed by atoms with E-state index in [0.29, 0.717) is 17.2 Å². The maximum Gasteiger partial charge on any atom is 0.275 e. The first-order valence-electron chi connectivity index (χ1n) is 9.11. The maximum atomic E-state index is 13.2. The molecule has 0 N–H and O–H groups in total. The second-order valence-electron chi connectivity index (χ2n) is 7.05.